The van der Waals surface area contributed by atoms with E-state index in [4.69, 9.17) is 9.84 Å². The van der Waals surface area contributed by atoms with Gasteiger partial charge in [0.1, 0.15) is 26.7 Å². The first-order chi connectivity index (χ1) is 20.8. The van der Waals surface area contributed by atoms with E-state index in [1.54, 1.807) is 11.3 Å². The van der Waals surface area contributed by atoms with Gasteiger partial charge >= 0.3 is 5.97 Å². The van der Waals surface area contributed by atoms with Gasteiger partial charge in [-0.15, -0.1) is 11.3 Å². The maximum absolute atomic E-state index is 13.2. The van der Waals surface area contributed by atoms with Crippen LogP contribution in [0.2, 0.25) is 0 Å². The van der Waals surface area contributed by atoms with E-state index in [9.17, 15) is 9.00 Å². The number of aliphatic carboxylic acids is 1. The molecule has 7 nitrogen and oxygen atoms in total. The largest absolute Gasteiger partial charge is 0.481 e. The normalized spacial score (nSPS) is 21.5. The lowest BCUT2D eigenvalue weighted by Crippen LogP contribution is -2.90. The summed E-state index contributed by atoms with van der Waals surface area (Å²) in [6, 6.07) is 13.0. The monoisotopic (exact) mass is 634 g/mol. The number of ether oxygens (including phenoxy) is 1. The lowest BCUT2D eigenvalue weighted by Gasteiger charge is -2.38. The number of thiophene rings is 1. The van der Waals surface area contributed by atoms with Gasteiger partial charge in [-0.25, -0.2) is 13.9 Å². The van der Waals surface area contributed by atoms with Crippen LogP contribution in [-0.4, -0.2) is 32.9 Å². The molecule has 9 heteroatoms. The molecule has 4 heterocycles. The summed E-state index contributed by atoms with van der Waals surface area (Å²) in [5.74, 6) is 1.70. The molecule has 0 amide bonds. The summed E-state index contributed by atoms with van der Waals surface area (Å²) in [6.07, 6.45) is 4.48. The Morgan fingerprint density at radius 3 is 2.59 bits per heavy atom. The quantitative estimate of drug-likeness (QED) is 0.193. The molecular weight excluding hydrogens is 591 g/mol. The van der Waals surface area contributed by atoms with E-state index in [2.05, 4.69) is 86.9 Å². The molecule has 1 aromatic heterocycles. The predicted octanol–water partition coefficient (Wildman–Crippen LogP) is 5.04. The Morgan fingerprint density at radius 2 is 1.82 bits per heavy atom. The third kappa shape index (κ3) is 6.24. The van der Waals surface area contributed by atoms with E-state index in [0.717, 1.165) is 73.7 Å². The molecule has 4 N–H and O–H groups in total. The molecule has 0 saturated heterocycles. The first-order valence-electron chi connectivity index (χ1n) is 15.8. The Hall–Kier alpha value is -3.01. The van der Waals surface area contributed by atoms with Gasteiger partial charge in [0.05, 0.1) is 6.07 Å². The highest BCUT2D eigenvalue weighted by Gasteiger charge is 2.35. The van der Waals surface area contributed by atoms with E-state index in [-0.39, 0.29) is 17.5 Å². The summed E-state index contributed by atoms with van der Waals surface area (Å²) in [7, 11) is -1.34. The highest BCUT2D eigenvalue weighted by Crippen LogP contribution is 2.46. The fourth-order valence-electron chi connectivity index (χ4n) is 7.26. The van der Waals surface area contributed by atoms with E-state index < -0.39 is 17.0 Å². The molecule has 44 heavy (non-hydrogen) atoms. The van der Waals surface area contributed by atoms with Crippen LogP contribution in [0.25, 0.3) is 5.57 Å². The molecule has 0 radical (unpaired) electrons. The van der Waals surface area contributed by atoms with Gasteiger partial charge in [-0.3, -0.25) is 4.79 Å². The van der Waals surface area contributed by atoms with Crippen molar-refractivity contribution in [1.82, 2.24) is 4.72 Å². The molecule has 0 spiro atoms. The van der Waals surface area contributed by atoms with Crippen LogP contribution in [0.4, 0.5) is 5.69 Å². The maximum atomic E-state index is 13.2. The molecule has 6 rings (SSSR count). The van der Waals surface area contributed by atoms with E-state index in [1.807, 2.05) is 6.07 Å². The third-order valence-corrected chi connectivity index (χ3v) is 11.6. The number of hydrogen-bond donors (Lipinski definition) is 4. The fourth-order valence-corrected chi connectivity index (χ4v) is 9.49. The average Bonchev–Trinajstić information content (AvgIpc) is 3.40. The minimum Gasteiger partial charge on any atom is -0.481 e. The summed E-state index contributed by atoms with van der Waals surface area (Å²) in [5, 5.41) is 14.8. The number of nitrogens with one attached hydrogen (secondary N) is 3. The number of anilines is 1. The van der Waals surface area contributed by atoms with Crippen LogP contribution in [0.5, 0.6) is 11.5 Å². The zero-order valence-corrected chi connectivity index (χ0v) is 28.2. The lowest BCUT2D eigenvalue weighted by molar-refractivity contribution is -0.588. The first kappa shape index (κ1) is 31.0. The van der Waals surface area contributed by atoms with Crippen molar-refractivity contribution in [3.8, 4) is 11.5 Å². The summed E-state index contributed by atoms with van der Waals surface area (Å²) in [6.45, 7) is 14.2. The Kier molecular flexibility index (Phi) is 8.26. The molecule has 3 unspecified atom stereocenters. The van der Waals surface area contributed by atoms with Crippen LogP contribution < -0.4 is 30.3 Å². The Bertz CT molecular complexity index is 1770. The van der Waals surface area contributed by atoms with Crippen molar-refractivity contribution < 1.29 is 23.8 Å². The third-order valence-electron chi connectivity index (χ3n) is 9.01. The fraction of sp³-hybridized carbons (Fsp3) is 0.486. The number of carbonyl (C=O) groups is 1. The molecule has 234 valence electrons. The second-order valence-corrected chi connectivity index (χ2v) is 16.7. The molecular formula is C35H44N3O4S2+. The van der Waals surface area contributed by atoms with Crippen molar-refractivity contribution >= 4 is 39.6 Å². The number of fused-ring (bicyclic) bond motifs is 4. The van der Waals surface area contributed by atoms with Crippen LogP contribution in [0.3, 0.4) is 0 Å². The van der Waals surface area contributed by atoms with Crippen LogP contribution in [0.15, 0.2) is 40.6 Å². The molecule has 0 fully saturated rings. The minimum absolute atomic E-state index is 0.000457. The number of rotatable bonds is 9. The molecule has 0 aliphatic carbocycles. The summed E-state index contributed by atoms with van der Waals surface area (Å²) in [5.41, 5.74) is 5.93. The van der Waals surface area contributed by atoms with Crippen LogP contribution in [0, 0.1) is 0 Å². The molecule has 2 aromatic carbocycles. The summed E-state index contributed by atoms with van der Waals surface area (Å²) < 4.78 is 23.9. The van der Waals surface area contributed by atoms with Gasteiger partial charge in [-0.1, -0.05) is 20.3 Å². The van der Waals surface area contributed by atoms with Crippen LogP contribution in [0.1, 0.15) is 113 Å². The standard InChI is InChI=1S/C35H43N3O4S2/c1-20-18-34(3,4)37-26-16-28-24(14-22(20)26)33(25-15-23-21(2)19-35(5,6)38-27(23)17-29(25)42-28)30-11-12-32(43-30)44(41)36-13-9-7-8-10-31(39)40/h11-12,14-17,20-21,36-37H,7-10,13,18-19H2,1-6H3,(H,39,40)/p+1. The van der Waals surface area contributed by atoms with Crippen molar-refractivity contribution in [2.75, 3.05) is 11.9 Å². The van der Waals surface area contributed by atoms with Gasteiger partial charge in [0.25, 0.3) is 0 Å². The zero-order chi connectivity index (χ0) is 31.4. The lowest BCUT2D eigenvalue weighted by atomic mass is 9.80. The van der Waals surface area contributed by atoms with Crippen molar-refractivity contribution in [2.45, 2.75) is 107 Å². The van der Waals surface area contributed by atoms with E-state index >= 15 is 0 Å². The Balaban J connectivity index is 1.42. The second-order valence-electron chi connectivity index (χ2n) is 14.1. The Morgan fingerprint density at radius 1 is 1.05 bits per heavy atom. The van der Waals surface area contributed by atoms with Crippen molar-refractivity contribution in [1.29, 1.82) is 0 Å². The van der Waals surface area contributed by atoms with Crippen molar-refractivity contribution in [3.63, 3.8) is 0 Å². The van der Waals surface area contributed by atoms with Crippen molar-refractivity contribution in [2.24, 2.45) is 0 Å². The predicted molar refractivity (Wildman–Crippen MR) is 177 cm³/mol. The molecule has 3 aliphatic heterocycles. The molecule has 3 aliphatic rings. The number of unbranched alkanes of at least 4 members (excludes halogenated alkanes) is 2. The molecule has 3 aromatic rings. The van der Waals surface area contributed by atoms with Gasteiger partial charge in [-0.2, -0.15) is 0 Å². The molecule has 0 bridgehead atoms. The highest BCUT2D eigenvalue weighted by molar-refractivity contribution is 7.85. The number of carboxylic acid groups (broad SMARTS) is 1. The summed E-state index contributed by atoms with van der Waals surface area (Å²) in [4.78, 5) is 15.6. The average molecular weight is 635 g/mol. The first-order valence-corrected chi connectivity index (χ1v) is 17.7. The van der Waals surface area contributed by atoms with Gasteiger partial charge < -0.3 is 15.2 Å². The number of benzene rings is 2. The highest BCUT2D eigenvalue weighted by atomic mass is 32.2. The Labute approximate surface area is 266 Å². The van der Waals surface area contributed by atoms with Crippen LogP contribution in [-0.2, 0) is 15.8 Å². The zero-order valence-electron chi connectivity index (χ0n) is 26.6. The van der Waals surface area contributed by atoms with E-state index in [1.165, 1.54) is 11.1 Å². The molecule has 0 saturated carbocycles. The van der Waals surface area contributed by atoms with Gasteiger partial charge in [-0.05, 0) is 88.6 Å². The van der Waals surface area contributed by atoms with Gasteiger partial charge in [0, 0.05) is 63.5 Å². The van der Waals surface area contributed by atoms with Crippen molar-refractivity contribution in [3.05, 3.63) is 68.5 Å². The maximum Gasteiger partial charge on any atom is 0.303 e. The SMILES string of the molecule is CC1CC(C)(C)Nc2cc3c(cc21)C(c1ccc(S(=O)NCCCCCC(=O)O)s1)=c1cc2c(cc1O3)=[NH+]C(C)(C)CC2C. The topological polar surface area (TPSA) is 102 Å². The number of carboxylic acids is 1. The van der Waals surface area contributed by atoms with Gasteiger partial charge in [0.15, 0.2) is 5.54 Å². The summed E-state index contributed by atoms with van der Waals surface area (Å²) >= 11 is 1.56. The second kappa shape index (κ2) is 11.7. The van der Waals surface area contributed by atoms with Crippen LogP contribution >= 0.6 is 11.3 Å². The minimum atomic E-state index is -1.34. The smallest absolute Gasteiger partial charge is 0.303 e. The van der Waals surface area contributed by atoms with Gasteiger partial charge in [0.2, 0.25) is 5.36 Å². The van der Waals surface area contributed by atoms with E-state index in [0.29, 0.717) is 24.8 Å². The molecule has 3 atom stereocenters. The number of hydrogen-bond acceptors (Lipinski definition) is 5.